The average molecular weight is 703 g/mol. The SMILES string of the molecule is c1ccc(-c2nc(-c3ccccc3)nc(-c3cccc(-c4cccc(-c5cccc6c5c5cccc(-c7ccccc7)c5n6-c5ccccc5)c4)c3)n2)cc1. The summed E-state index contributed by atoms with van der Waals surface area (Å²) in [4.78, 5) is 14.9. The predicted octanol–water partition coefficient (Wildman–Crippen LogP) is 13.0. The second-order valence-electron chi connectivity index (χ2n) is 13.6. The van der Waals surface area contributed by atoms with Crippen molar-refractivity contribution in [1.29, 1.82) is 0 Å². The molecule has 10 rings (SSSR count). The van der Waals surface area contributed by atoms with Crippen molar-refractivity contribution in [2.75, 3.05) is 0 Å². The summed E-state index contributed by atoms with van der Waals surface area (Å²) in [6.45, 7) is 0. The summed E-state index contributed by atoms with van der Waals surface area (Å²) in [5.41, 5.74) is 13.3. The molecule has 0 N–H and O–H groups in total. The maximum atomic E-state index is 4.99. The summed E-state index contributed by atoms with van der Waals surface area (Å²) < 4.78 is 2.42. The van der Waals surface area contributed by atoms with Crippen LogP contribution in [0.2, 0.25) is 0 Å². The van der Waals surface area contributed by atoms with Gasteiger partial charge in [-0.2, -0.15) is 0 Å². The number of para-hydroxylation sites is 2. The van der Waals surface area contributed by atoms with Crippen LogP contribution in [0.1, 0.15) is 0 Å². The molecule has 2 aromatic heterocycles. The molecule has 0 fully saturated rings. The third-order valence-electron chi connectivity index (χ3n) is 10.2. The maximum absolute atomic E-state index is 4.99. The summed E-state index contributed by atoms with van der Waals surface area (Å²) in [7, 11) is 0. The van der Waals surface area contributed by atoms with Crippen LogP contribution in [0.5, 0.6) is 0 Å². The molecular formula is C51H34N4. The molecule has 10 aromatic rings. The highest BCUT2D eigenvalue weighted by Gasteiger charge is 2.20. The van der Waals surface area contributed by atoms with Crippen molar-refractivity contribution in [3.05, 3.63) is 206 Å². The van der Waals surface area contributed by atoms with Crippen LogP contribution in [0.15, 0.2) is 206 Å². The predicted molar refractivity (Wildman–Crippen MR) is 227 cm³/mol. The molecular weight excluding hydrogens is 669 g/mol. The zero-order valence-electron chi connectivity index (χ0n) is 29.9. The van der Waals surface area contributed by atoms with E-state index in [0.717, 1.165) is 39.1 Å². The van der Waals surface area contributed by atoms with Gasteiger partial charge in [-0.1, -0.05) is 176 Å². The Labute approximate surface area is 319 Å². The molecule has 55 heavy (non-hydrogen) atoms. The highest BCUT2D eigenvalue weighted by molar-refractivity contribution is 6.19. The third kappa shape index (κ3) is 5.96. The lowest BCUT2D eigenvalue weighted by Crippen LogP contribution is -2.00. The van der Waals surface area contributed by atoms with Crippen LogP contribution in [-0.2, 0) is 0 Å². The van der Waals surface area contributed by atoms with E-state index in [-0.39, 0.29) is 0 Å². The van der Waals surface area contributed by atoms with Gasteiger partial charge in [-0.05, 0) is 58.1 Å². The molecule has 2 heterocycles. The van der Waals surface area contributed by atoms with Crippen LogP contribution >= 0.6 is 0 Å². The fourth-order valence-corrected chi connectivity index (χ4v) is 7.69. The van der Waals surface area contributed by atoms with E-state index < -0.39 is 0 Å². The number of hydrogen-bond acceptors (Lipinski definition) is 3. The van der Waals surface area contributed by atoms with Crippen LogP contribution in [0.3, 0.4) is 0 Å². The Morgan fingerprint density at radius 3 is 1.36 bits per heavy atom. The molecule has 0 unspecified atom stereocenters. The molecule has 0 bridgehead atoms. The van der Waals surface area contributed by atoms with E-state index in [1.807, 2.05) is 60.7 Å². The number of fused-ring (bicyclic) bond motifs is 3. The van der Waals surface area contributed by atoms with Gasteiger partial charge in [-0.25, -0.2) is 15.0 Å². The molecule has 8 aromatic carbocycles. The van der Waals surface area contributed by atoms with Crippen LogP contribution in [0.25, 0.3) is 95.0 Å². The Morgan fingerprint density at radius 1 is 0.309 bits per heavy atom. The van der Waals surface area contributed by atoms with E-state index in [1.54, 1.807) is 0 Å². The van der Waals surface area contributed by atoms with Gasteiger partial charge in [0.1, 0.15) is 0 Å². The lowest BCUT2D eigenvalue weighted by molar-refractivity contribution is 1.07. The smallest absolute Gasteiger partial charge is 0.164 e. The first-order valence-corrected chi connectivity index (χ1v) is 18.5. The zero-order valence-corrected chi connectivity index (χ0v) is 29.9. The van der Waals surface area contributed by atoms with E-state index >= 15 is 0 Å². The molecule has 0 radical (unpaired) electrons. The summed E-state index contributed by atoms with van der Waals surface area (Å²) in [6, 6.07) is 72.3. The highest BCUT2D eigenvalue weighted by atomic mass is 15.0. The van der Waals surface area contributed by atoms with Gasteiger partial charge < -0.3 is 4.57 Å². The minimum absolute atomic E-state index is 0.637. The Hall–Kier alpha value is -7.43. The first kappa shape index (κ1) is 32.2. The van der Waals surface area contributed by atoms with Gasteiger partial charge in [-0.3, -0.25) is 0 Å². The Bertz CT molecular complexity index is 2900. The second kappa shape index (κ2) is 13.8. The van der Waals surface area contributed by atoms with Crippen molar-refractivity contribution < 1.29 is 0 Å². The number of hydrogen-bond donors (Lipinski definition) is 0. The average Bonchev–Trinajstić information content (AvgIpc) is 3.62. The van der Waals surface area contributed by atoms with Crippen molar-refractivity contribution >= 4 is 21.8 Å². The lowest BCUT2D eigenvalue weighted by Gasteiger charge is -2.12. The van der Waals surface area contributed by atoms with Gasteiger partial charge in [0.15, 0.2) is 17.5 Å². The van der Waals surface area contributed by atoms with Gasteiger partial charge in [0.2, 0.25) is 0 Å². The first-order chi connectivity index (χ1) is 27.3. The highest BCUT2D eigenvalue weighted by Crippen LogP contribution is 2.43. The molecule has 258 valence electrons. The largest absolute Gasteiger partial charge is 0.309 e. The second-order valence-corrected chi connectivity index (χ2v) is 13.6. The van der Waals surface area contributed by atoms with Crippen molar-refractivity contribution in [2.24, 2.45) is 0 Å². The van der Waals surface area contributed by atoms with Crippen LogP contribution in [0, 0.1) is 0 Å². The van der Waals surface area contributed by atoms with Gasteiger partial charge in [0, 0.05) is 38.7 Å². The summed E-state index contributed by atoms with van der Waals surface area (Å²) in [5, 5.41) is 2.46. The van der Waals surface area contributed by atoms with Crippen LogP contribution in [0.4, 0.5) is 0 Å². The normalized spacial score (nSPS) is 11.3. The van der Waals surface area contributed by atoms with Gasteiger partial charge in [0.25, 0.3) is 0 Å². The summed E-state index contributed by atoms with van der Waals surface area (Å²) in [6.07, 6.45) is 0. The van der Waals surface area contributed by atoms with Crippen LogP contribution in [-0.4, -0.2) is 19.5 Å². The fourth-order valence-electron chi connectivity index (χ4n) is 7.69. The Morgan fingerprint density at radius 2 is 0.745 bits per heavy atom. The van der Waals surface area contributed by atoms with Gasteiger partial charge in [0.05, 0.1) is 11.0 Å². The van der Waals surface area contributed by atoms with Crippen molar-refractivity contribution in [1.82, 2.24) is 19.5 Å². The minimum Gasteiger partial charge on any atom is -0.309 e. The molecule has 0 atom stereocenters. The molecule has 4 heteroatoms. The Balaban J connectivity index is 1.12. The number of aromatic nitrogens is 4. The number of benzene rings is 8. The number of nitrogens with zero attached hydrogens (tertiary/aromatic N) is 4. The summed E-state index contributed by atoms with van der Waals surface area (Å²) >= 11 is 0. The molecule has 0 aliphatic rings. The molecule has 0 aliphatic heterocycles. The first-order valence-electron chi connectivity index (χ1n) is 18.5. The van der Waals surface area contributed by atoms with E-state index in [1.165, 1.54) is 38.5 Å². The van der Waals surface area contributed by atoms with Crippen molar-refractivity contribution in [3.8, 4) is 73.2 Å². The third-order valence-corrected chi connectivity index (χ3v) is 10.2. The molecule has 0 saturated heterocycles. The quantitative estimate of drug-likeness (QED) is 0.166. The minimum atomic E-state index is 0.637. The van der Waals surface area contributed by atoms with Gasteiger partial charge in [-0.15, -0.1) is 0 Å². The molecule has 0 aliphatic carbocycles. The van der Waals surface area contributed by atoms with Crippen LogP contribution < -0.4 is 0 Å². The van der Waals surface area contributed by atoms with Crippen molar-refractivity contribution in [2.45, 2.75) is 0 Å². The Kier molecular flexibility index (Phi) is 8.12. The van der Waals surface area contributed by atoms with Crippen molar-refractivity contribution in [3.63, 3.8) is 0 Å². The summed E-state index contributed by atoms with van der Waals surface area (Å²) in [5.74, 6) is 1.93. The molecule has 0 spiro atoms. The van der Waals surface area contributed by atoms with E-state index in [0.29, 0.717) is 17.5 Å². The van der Waals surface area contributed by atoms with E-state index in [9.17, 15) is 0 Å². The lowest BCUT2D eigenvalue weighted by atomic mass is 9.94. The molecule has 0 saturated carbocycles. The number of rotatable bonds is 7. The standard InChI is InChI=1S/C51H34N4/c1-5-17-35(18-6-1)44-30-15-31-45-47-43(29-16-32-46(47)55(48(44)45)42-27-11-4-12-28-42)40-25-13-23-38(33-40)39-24-14-26-41(34-39)51-53-49(36-19-7-2-8-20-36)52-50(54-51)37-21-9-3-10-22-37/h1-34H. The molecule has 0 amide bonds. The molecule has 4 nitrogen and oxygen atoms in total. The van der Waals surface area contributed by atoms with E-state index in [4.69, 9.17) is 15.0 Å². The topological polar surface area (TPSA) is 43.6 Å². The monoisotopic (exact) mass is 702 g/mol. The van der Waals surface area contributed by atoms with E-state index in [2.05, 4.69) is 150 Å². The van der Waals surface area contributed by atoms with Gasteiger partial charge >= 0.3 is 0 Å². The fraction of sp³-hybridized carbons (Fsp3) is 0. The zero-order chi connectivity index (χ0) is 36.6. The maximum Gasteiger partial charge on any atom is 0.164 e.